The molecule has 0 heterocycles. The van der Waals surface area contributed by atoms with Crippen molar-refractivity contribution >= 4 is 23.9 Å². The van der Waals surface area contributed by atoms with E-state index in [1.165, 1.54) is 6.08 Å². The molecular weight excluding hydrogens is 396 g/mol. The highest BCUT2D eigenvalue weighted by molar-refractivity contribution is 6.06. The van der Waals surface area contributed by atoms with Crippen LogP contribution in [-0.2, 0) is 9.59 Å². The lowest BCUT2D eigenvalue weighted by atomic mass is 10.0. The Morgan fingerprint density at radius 1 is 0.935 bits per heavy atom. The Labute approximate surface area is 182 Å². The van der Waals surface area contributed by atoms with Crippen LogP contribution in [0.15, 0.2) is 60.3 Å². The van der Waals surface area contributed by atoms with Crippen LogP contribution in [0.4, 0.5) is 0 Å². The fraction of sp³-hybridized carbons (Fsp3) is 0.292. The topological polar surface area (TPSA) is 108 Å². The summed E-state index contributed by atoms with van der Waals surface area (Å²) in [6, 6.07) is 14.2. The lowest BCUT2D eigenvalue weighted by molar-refractivity contribution is -0.309. The van der Waals surface area contributed by atoms with Gasteiger partial charge >= 0.3 is 0 Å². The predicted molar refractivity (Wildman–Crippen MR) is 116 cm³/mol. The number of aliphatic carboxylic acids is 1. The first-order valence-corrected chi connectivity index (χ1v) is 10.0. The van der Waals surface area contributed by atoms with Gasteiger partial charge in [-0.1, -0.05) is 44.2 Å². The number of ether oxygens (including phenoxy) is 1. The summed E-state index contributed by atoms with van der Waals surface area (Å²) < 4.78 is 5.61. The number of rotatable bonds is 9. The van der Waals surface area contributed by atoms with Crippen molar-refractivity contribution in [2.75, 3.05) is 0 Å². The minimum absolute atomic E-state index is 0.0190. The molecule has 31 heavy (non-hydrogen) atoms. The third-order valence-electron chi connectivity index (χ3n) is 4.30. The van der Waals surface area contributed by atoms with Gasteiger partial charge < -0.3 is 25.3 Å². The van der Waals surface area contributed by atoms with Crippen LogP contribution in [0.1, 0.15) is 43.6 Å². The van der Waals surface area contributed by atoms with Crippen LogP contribution in [0.3, 0.4) is 0 Å². The molecule has 0 spiro atoms. The van der Waals surface area contributed by atoms with Crippen LogP contribution in [-0.4, -0.2) is 29.9 Å². The normalized spacial score (nSPS) is 12.4. The van der Waals surface area contributed by atoms with Crippen molar-refractivity contribution in [3.05, 3.63) is 71.4 Å². The van der Waals surface area contributed by atoms with E-state index in [0.29, 0.717) is 16.9 Å². The quantitative estimate of drug-likeness (QED) is 0.601. The highest BCUT2D eigenvalue weighted by Crippen LogP contribution is 2.16. The van der Waals surface area contributed by atoms with Crippen LogP contribution < -0.4 is 20.5 Å². The number of hydrogen-bond donors (Lipinski definition) is 2. The lowest BCUT2D eigenvalue weighted by Crippen LogP contribution is -2.52. The summed E-state index contributed by atoms with van der Waals surface area (Å²) in [5.74, 6) is -2.34. The highest BCUT2D eigenvalue weighted by Gasteiger charge is 2.21. The van der Waals surface area contributed by atoms with Crippen LogP contribution >= 0.6 is 0 Å². The highest BCUT2D eigenvalue weighted by atomic mass is 16.5. The Bertz CT molecular complexity index is 934. The summed E-state index contributed by atoms with van der Waals surface area (Å²) in [5.41, 5.74) is 0.907. The van der Waals surface area contributed by atoms with Crippen molar-refractivity contribution in [2.45, 2.75) is 39.8 Å². The number of amides is 2. The predicted octanol–water partition coefficient (Wildman–Crippen LogP) is 2.14. The Morgan fingerprint density at radius 2 is 1.55 bits per heavy atom. The summed E-state index contributed by atoms with van der Waals surface area (Å²) in [4.78, 5) is 36.8. The Kier molecular flexibility index (Phi) is 8.37. The zero-order valence-corrected chi connectivity index (χ0v) is 18.0. The average Bonchev–Trinajstić information content (AvgIpc) is 2.72. The molecule has 2 amide bonds. The maximum Gasteiger partial charge on any atom is 0.268 e. The number of benzene rings is 2. The third-order valence-corrected chi connectivity index (χ3v) is 4.30. The van der Waals surface area contributed by atoms with Gasteiger partial charge in [0.25, 0.3) is 11.8 Å². The van der Waals surface area contributed by atoms with Crippen LogP contribution in [0, 0.1) is 5.92 Å². The number of carboxylic acids is 1. The maximum atomic E-state index is 12.8. The minimum Gasteiger partial charge on any atom is -0.548 e. The summed E-state index contributed by atoms with van der Waals surface area (Å²) in [5, 5.41) is 16.4. The molecule has 0 aliphatic rings. The van der Waals surface area contributed by atoms with Gasteiger partial charge in [0.15, 0.2) is 0 Å². The number of nitrogens with one attached hydrogen (secondary N) is 2. The molecule has 0 saturated heterocycles. The number of carboxylic acid groups (broad SMARTS) is 1. The van der Waals surface area contributed by atoms with Gasteiger partial charge in [-0.2, -0.15) is 0 Å². The second-order valence-corrected chi connectivity index (χ2v) is 7.63. The van der Waals surface area contributed by atoms with Gasteiger partial charge in [0, 0.05) is 5.56 Å². The van der Waals surface area contributed by atoms with E-state index >= 15 is 0 Å². The smallest absolute Gasteiger partial charge is 0.268 e. The van der Waals surface area contributed by atoms with Crippen molar-refractivity contribution in [3.8, 4) is 5.75 Å². The third kappa shape index (κ3) is 7.29. The van der Waals surface area contributed by atoms with E-state index in [-0.39, 0.29) is 11.8 Å². The van der Waals surface area contributed by atoms with Gasteiger partial charge in [0.1, 0.15) is 11.4 Å². The summed E-state index contributed by atoms with van der Waals surface area (Å²) in [7, 11) is 0. The van der Waals surface area contributed by atoms with Crippen LogP contribution in [0.25, 0.3) is 6.08 Å². The first-order valence-electron chi connectivity index (χ1n) is 10.0. The molecule has 2 aromatic carbocycles. The molecule has 0 saturated carbocycles. The zero-order chi connectivity index (χ0) is 23.0. The molecule has 0 aliphatic carbocycles. The minimum atomic E-state index is -1.40. The lowest BCUT2D eigenvalue weighted by Gasteiger charge is -2.24. The summed E-state index contributed by atoms with van der Waals surface area (Å²) in [6.45, 7) is 7.13. The molecule has 1 atom stereocenters. The Morgan fingerprint density at radius 3 is 2.06 bits per heavy atom. The molecule has 164 valence electrons. The second kappa shape index (κ2) is 11.0. The van der Waals surface area contributed by atoms with Gasteiger partial charge in [0.2, 0.25) is 0 Å². The van der Waals surface area contributed by atoms with Crippen molar-refractivity contribution in [2.24, 2.45) is 5.92 Å². The number of hydrogen-bond acceptors (Lipinski definition) is 5. The van der Waals surface area contributed by atoms with E-state index in [0.717, 1.165) is 0 Å². The first kappa shape index (κ1) is 23.7. The molecular formula is C24H27N2O5-. The van der Waals surface area contributed by atoms with Gasteiger partial charge in [-0.25, -0.2) is 0 Å². The van der Waals surface area contributed by atoms with E-state index in [2.05, 4.69) is 10.6 Å². The molecule has 0 bridgehead atoms. The van der Waals surface area contributed by atoms with Gasteiger partial charge in [0.05, 0.1) is 18.1 Å². The van der Waals surface area contributed by atoms with Crippen LogP contribution in [0.2, 0.25) is 0 Å². The standard InChI is InChI=1S/C24H28N2O5/c1-15(2)21(24(29)30)26-23(28)20(25-22(27)18-8-6-5-7-9-18)14-17-10-12-19(13-11-17)31-16(3)4/h5-16,21H,1-4H3,(H,25,27)(H,26,28)(H,29,30)/p-1/b20-14+/t21-/m0/s1. The zero-order valence-electron chi connectivity index (χ0n) is 18.0. The second-order valence-electron chi connectivity index (χ2n) is 7.63. The molecule has 0 fully saturated rings. The van der Waals surface area contributed by atoms with Crippen LogP contribution in [0.5, 0.6) is 5.75 Å². The van der Waals surface area contributed by atoms with E-state index < -0.39 is 29.7 Å². The SMILES string of the molecule is CC(C)Oc1ccc(/C=C(/NC(=O)c2ccccc2)C(=O)N[C@H](C(=O)[O-])C(C)C)cc1. The molecule has 0 aromatic heterocycles. The van der Waals surface area contributed by atoms with Crippen molar-refractivity contribution in [3.63, 3.8) is 0 Å². The molecule has 2 rings (SSSR count). The number of carbonyl (C=O) groups excluding carboxylic acids is 3. The van der Waals surface area contributed by atoms with Gasteiger partial charge in [-0.3, -0.25) is 9.59 Å². The number of carbonyl (C=O) groups is 3. The fourth-order valence-electron chi connectivity index (χ4n) is 2.74. The van der Waals surface area contributed by atoms with Crippen molar-refractivity contribution in [1.82, 2.24) is 10.6 Å². The summed E-state index contributed by atoms with van der Waals surface area (Å²) in [6.07, 6.45) is 1.49. The van der Waals surface area contributed by atoms with E-state index in [1.54, 1.807) is 68.4 Å². The van der Waals surface area contributed by atoms with E-state index in [4.69, 9.17) is 4.74 Å². The van der Waals surface area contributed by atoms with E-state index in [9.17, 15) is 19.5 Å². The molecule has 0 radical (unpaired) electrons. The Balaban J connectivity index is 2.32. The molecule has 0 aliphatic heterocycles. The maximum absolute atomic E-state index is 12.8. The molecule has 2 N–H and O–H groups in total. The first-order chi connectivity index (χ1) is 14.7. The van der Waals surface area contributed by atoms with Crippen molar-refractivity contribution < 1.29 is 24.2 Å². The average molecular weight is 423 g/mol. The molecule has 2 aromatic rings. The molecule has 7 nitrogen and oxygen atoms in total. The molecule has 0 unspecified atom stereocenters. The van der Waals surface area contributed by atoms with E-state index in [1.807, 2.05) is 13.8 Å². The van der Waals surface area contributed by atoms with Gasteiger partial charge in [-0.15, -0.1) is 0 Å². The largest absolute Gasteiger partial charge is 0.548 e. The van der Waals surface area contributed by atoms with Crippen molar-refractivity contribution in [1.29, 1.82) is 0 Å². The van der Waals surface area contributed by atoms with Gasteiger partial charge in [-0.05, 0) is 55.7 Å². The molecule has 7 heteroatoms. The summed E-state index contributed by atoms with van der Waals surface area (Å²) >= 11 is 0. The fourth-order valence-corrected chi connectivity index (χ4v) is 2.74. The monoisotopic (exact) mass is 423 g/mol. The Hall–Kier alpha value is -3.61.